The number of nitrogens with one attached hydrogen (secondary N) is 2. The van der Waals surface area contributed by atoms with Crippen LogP contribution in [-0.4, -0.2) is 39.0 Å². The number of aromatic carboxylic acids is 1. The van der Waals surface area contributed by atoms with Gasteiger partial charge in [-0.2, -0.15) is 5.10 Å². The van der Waals surface area contributed by atoms with Gasteiger partial charge in [0.2, 0.25) is 0 Å². The van der Waals surface area contributed by atoms with Gasteiger partial charge in [0.05, 0.1) is 0 Å². The Bertz CT molecular complexity index is 516. The summed E-state index contributed by atoms with van der Waals surface area (Å²) in [6.07, 6.45) is 0.495. The molecule has 1 aliphatic rings. The molecule has 0 radical (unpaired) electrons. The maximum Gasteiger partial charge on any atom is 0.407 e. The summed E-state index contributed by atoms with van der Waals surface area (Å²) in [6, 6.07) is -0.155. The smallest absolute Gasteiger partial charge is 0.407 e. The van der Waals surface area contributed by atoms with E-state index in [2.05, 4.69) is 15.5 Å². The Morgan fingerprint density at radius 1 is 1.42 bits per heavy atom. The number of ether oxygens (including phenoxy) is 1. The second kappa shape index (κ2) is 4.56. The highest BCUT2D eigenvalue weighted by atomic mass is 16.6. The van der Waals surface area contributed by atoms with E-state index in [1.54, 1.807) is 20.8 Å². The predicted molar refractivity (Wildman–Crippen MR) is 66.1 cm³/mol. The number of H-pyrrole nitrogens is 1. The molecule has 0 saturated carbocycles. The fourth-order valence-corrected chi connectivity index (χ4v) is 2.11. The number of aromatic amines is 1. The van der Waals surface area contributed by atoms with Gasteiger partial charge in [0.15, 0.2) is 5.69 Å². The van der Waals surface area contributed by atoms with E-state index in [4.69, 9.17) is 9.84 Å². The predicted octanol–water partition coefficient (Wildman–Crippen LogP) is 1.10. The molecular weight excluding hydrogens is 250 g/mol. The van der Waals surface area contributed by atoms with Crippen molar-refractivity contribution in [1.82, 2.24) is 15.5 Å². The van der Waals surface area contributed by atoms with E-state index >= 15 is 0 Å². The quantitative estimate of drug-likeness (QED) is 0.744. The molecule has 1 aromatic rings. The summed E-state index contributed by atoms with van der Waals surface area (Å²) in [5.74, 6) is -1.06. The van der Waals surface area contributed by atoms with E-state index in [9.17, 15) is 9.59 Å². The summed E-state index contributed by atoms with van der Waals surface area (Å²) < 4.78 is 5.16. The third kappa shape index (κ3) is 3.04. The van der Waals surface area contributed by atoms with E-state index < -0.39 is 17.7 Å². The fraction of sp³-hybridized carbons (Fsp3) is 0.583. The van der Waals surface area contributed by atoms with Crippen molar-refractivity contribution in [2.24, 2.45) is 0 Å². The molecule has 0 spiro atoms. The van der Waals surface area contributed by atoms with Gasteiger partial charge < -0.3 is 15.2 Å². The first-order valence-electron chi connectivity index (χ1n) is 6.05. The van der Waals surface area contributed by atoms with Crippen LogP contribution in [0.3, 0.4) is 0 Å². The molecular formula is C12H17N3O4. The van der Waals surface area contributed by atoms with Gasteiger partial charge >= 0.3 is 12.1 Å². The normalized spacial score (nSPS) is 17.9. The number of alkyl carbamates (subject to hydrolysis) is 1. The Kier molecular flexibility index (Phi) is 3.21. The van der Waals surface area contributed by atoms with Gasteiger partial charge in [0.25, 0.3) is 0 Å². The summed E-state index contributed by atoms with van der Waals surface area (Å²) in [5.41, 5.74) is 0.903. The number of fused-ring (bicyclic) bond motifs is 1. The van der Waals surface area contributed by atoms with Gasteiger partial charge in [-0.25, -0.2) is 9.59 Å². The van der Waals surface area contributed by atoms with Gasteiger partial charge in [-0.05, 0) is 27.2 Å². The number of carbonyl (C=O) groups excluding carboxylic acids is 1. The molecule has 2 rings (SSSR count). The van der Waals surface area contributed by atoms with Crippen LogP contribution in [0.4, 0.5) is 4.79 Å². The van der Waals surface area contributed by atoms with E-state index in [-0.39, 0.29) is 11.7 Å². The third-order valence-electron chi connectivity index (χ3n) is 2.78. The van der Waals surface area contributed by atoms with Crippen molar-refractivity contribution in [3.63, 3.8) is 0 Å². The first-order chi connectivity index (χ1) is 8.76. The first-order valence-corrected chi connectivity index (χ1v) is 6.05. The molecule has 1 heterocycles. The maximum atomic E-state index is 11.6. The Balaban J connectivity index is 1.97. The average molecular weight is 267 g/mol. The summed E-state index contributed by atoms with van der Waals surface area (Å²) in [4.78, 5) is 22.6. The molecule has 0 bridgehead atoms. The van der Waals surface area contributed by atoms with Gasteiger partial charge in [0, 0.05) is 23.7 Å². The molecule has 19 heavy (non-hydrogen) atoms. The lowest BCUT2D eigenvalue weighted by Gasteiger charge is -2.21. The van der Waals surface area contributed by atoms with Crippen molar-refractivity contribution in [2.75, 3.05) is 0 Å². The number of carboxylic acids is 1. The molecule has 0 fully saturated rings. The zero-order valence-corrected chi connectivity index (χ0v) is 11.1. The van der Waals surface area contributed by atoms with Crippen molar-refractivity contribution in [1.29, 1.82) is 0 Å². The highest BCUT2D eigenvalue weighted by molar-refractivity contribution is 5.87. The Morgan fingerprint density at radius 2 is 2.11 bits per heavy atom. The van der Waals surface area contributed by atoms with Gasteiger partial charge in [-0.1, -0.05) is 0 Å². The number of carboxylic acid groups (broad SMARTS) is 1. The highest BCUT2D eigenvalue weighted by Gasteiger charge is 2.31. The lowest BCUT2D eigenvalue weighted by molar-refractivity contribution is 0.0506. The molecule has 7 nitrogen and oxygen atoms in total. The molecule has 0 unspecified atom stereocenters. The van der Waals surface area contributed by atoms with Crippen molar-refractivity contribution >= 4 is 12.1 Å². The number of hydrogen-bond donors (Lipinski definition) is 3. The molecule has 1 amide bonds. The van der Waals surface area contributed by atoms with Gasteiger partial charge in [-0.15, -0.1) is 0 Å². The molecule has 0 aliphatic heterocycles. The molecule has 1 aliphatic carbocycles. The Labute approximate surface area is 110 Å². The maximum absolute atomic E-state index is 11.6. The van der Waals surface area contributed by atoms with E-state index in [1.165, 1.54) is 0 Å². The van der Waals surface area contributed by atoms with Crippen LogP contribution in [0, 0.1) is 0 Å². The fourth-order valence-electron chi connectivity index (χ4n) is 2.11. The van der Waals surface area contributed by atoms with E-state index in [1.807, 2.05) is 0 Å². The second-order valence-electron chi connectivity index (χ2n) is 5.59. The summed E-state index contributed by atoms with van der Waals surface area (Å²) in [5, 5.41) is 18.1. The molecule has 7 heteroatoms. The van der Waals surface area contributed by atoms with Crippen molar-refractivity contribution in [3.8, 4) is 0 Å². The summed E-state index contributed by atoms with van der Waals surface area (Å²) >= 11 is 0. The minimum Gasteiger partial charge on any atom is -0.476 e. The first kappa shape index (κ1) is 13.4. The molecule has 104 valence electrons. The number of nitrogens with zero attached hydrogens (tertiary/aromatic N) is 1. The van der Waals surface area contributed by atoms with Crippen LogP contribution in [0.1, 0.15) is 42.5 Å². The van der Waals surface area contributed by atoms with Crippen molar-refractivity contribution in [2.45, 2.75) is 45.3 Å². The van der Waals surface area contributed by atoms with Crippen LogP contribution in [0.5, 0.6) is 0 Å². The highest BCUT2D eigenvalue weighted by Crippen LogP contribution is 2.23. The van der Waals surface area contributed by atoms with Crippen LogP contribution in [-0.2, 0) is 17.6 Å². The largest absolute Gasteiger partial charge is 0.476 e. The molecule has 1 aromatic heterocycles. The SMILES string of the molecule is CC(C)(C)OC(=O)N[C@H]1Cc2[nH]nc(C(=O)O)c2C1. The van der Waals surface area contributed by atoms with Crippen LogP contribution in [0.2, 0.25) is 0 Å². The molecule has 0 saturated heterocycles. The summed E-state index contributed by atoms with van der Waals surface area (Å²) in [6.45, 7) is 5.36. The minimum absolute atomic E-state index is 0.0310. The number of hydrogen-bond acceptors (Lipinski definition) is 4. The lowest BCUT2D eigenvalue weighted by atomic mass is 10.2. The Hall–Kier alpha value is -2.05. The van der Waals surface area contributed by atoms with Crippen molar-refractivity contribution < 1.29 is 19.4 Å². The number of amides is 1. The molecule has 0 aromatic carbocycles. The molecule has 3 N–H and O–H groups in total. The molecule has 1 atom stereocenters. The second-order valence-corrected chi connectivity index (χ2v) is 5.59. The van der Waals surface area contributed by atoms with Crippen LogP contribution < -0.4 is 5.32 Å². The average Bonchev–Trinajstić information content (AvgIpc) is 2.71. The monoisotopic (exact) mass is 267 g/mol. The third-order valence-corrected chi connectivity index (χ3v) is 2.78. The number of aromatic nitrogens is 2. The topological polar surface area (TPSA) is 104 Å². The standard InChI is InChI=1S/C12H17N3O4/c1-12(2,3)19-11(18)13-6-4-7-8(5-6)14-15-9(7)10(16)17/h6H,4-5H2,1-3H3,(H,13,18)(H,14,15)(H,16,17)/t6-/m1/s1. The minimum atomic E-state index is -1.06. The lowest BCUT2D eigenvalue weighted by Crippen LogP contribution is -2.39. The van der Waals surface area contributed by atoms with Crippen LogP contribution in [0.15, 0.2) is 0 Å². The van der Waals surface area contributed by atoms with Gasteiger partial charge in [-0.3, -0.25) is 5.10 Å². The van der Waals surface area contributed by atoms with E-state index in [0.717, 1.165) is 5.69 Å². The zero-order valence-electron chi connectivity index (χ0n) is 11.1. The zero-order chi connectivity index (χ0) is 14.2. The van der Waals surface area contributed by atoms with Gasteiger partial charge in [0.1, 0.15) is 5.60 Å². The summed E-state index contributed by atoms with van der Waals surface area (Å²) in [7, 11) is 0. The van der Waals surface area contributed by atoms with Crippen LogP contribution in [0.25, 0.3) is 0 Å². The van der Waals surface area contributed by atoms with Crippen LogP contribution >= 0.6 is 0 Å². The number of rotatable bonds is 2. The van der Waals surface area contributed by atoms with Crippen molar-refractivity contribution in [3.05, 3.63) is 17.0 Å². The number of carbonyl (C=O) groups is 2. The van der Waals surface area contributed by atoms with E-state index in [0.29, 0.717) is 18.4 Å². The Morgan fingerprint density at radius 3 is 2.68 bits per heavy atom.